The Bertz CT molecular complexity index is 2960. The number of carbonyl (C=O) groups is 7. The third-order valence-electron chi connectivity index (χ3n) is 14.1. The molecule has 6 amide bonds. The molecule has 4 aliphatic rings. The minimum Gasteiger partial charge on any atom is -0.383 e. The normalized spacial score (nSPS) is 17.5. The first-order chi connectivity index (χ1) is 36.1. The van der Waals surface area contributed by atoms with E-state index >= 15 is 0 Å². The summed E-state index contributed by atoms with van der Waals surface area (Å²) in [4.78, 5) is 98.2. The smallest absolute Gasteiger partial charge is 0.383 e. The predicted molar refractivity (Wildman–Crippen MR) is 275 cm³/mol. The summed E-state index contributed by atoms with van der Waals surface area (Å²) in [5, 5.41) is 15.9. The molecular formula is C54H60F3N11O7. The van der Waals surface area contributed by atoms with Gasteiger partial charge in [0.25, 0.3) is 17.7 Å². The fourth-order valence-corrected chi connectivity index (χ4v) is 10.0. The molecule has 0 spiro atoms. The van der Waals surface area contributed by atoms with E-state index in [9.17, 15) is 46.7 Å². The Kier molecular flexibility index (Phi) is 17.1. The lowest BCUT2D eigenvalue weighted by atomic mass is 9.92. The number of hydrogen-bond acceptors (Lipinski definition) is 13. The number of nitrogens with one attached hydrogen (secondary N) is 4. The summed E-state index contributed by atoms with van der Waals surface area (Å²) in [5.41, 5.74) is 9.80. The highest BCUT2D eigenvalue weighted by molar-refractivity contribution is 6.23. The van der Waals surface area contributed by atoms with E-state index in [-0.39, 0.29) is 36.0 Å². The summed E-state index contributed by atoms with van der Waals surface area (Å²) in [7, 11) is 1.95. The maximum atomic E-state index is 13.0. The number of nitrogen functional groups attached to an aromatic ring is 1. The number of amides is 6. The number of aromatic nitrogens is 4. The largest absolute Gasteiger partial charge is 0.416 e. The van der Waals surface area contributed by atoms with Crippen molar-refractivity contribution >= 4 is 76.0 Å². The molecule has 1 atom stereocenters. The number of H-pyrrole nitrogens is 1. The monoisotopic (exact) mass is 1030 g/mol. The van der Waals surface area contributed by atoms with Gasteiger partial charge >= 0.3 is 6.18 Å². The quantitative estimate of drug-likeness (QED) is 0.0370. The Morgan fingerprint density at radius 3 is 2.37 bits per heavy atom. The second-order valence-corrected chi connectivity index (χ2v) is 19.4. The molecule has 9 rings (SSSR count). The van der Waals surface area contributed by atoms with Gasteiger partial charge in [-0.25, -0.2) is 9.97 Å². The van der Waals surface area contributed by atoms with Gasteiger partial charge in [0.1, 0.15) is 29.5 Å². The van der Waals surface area contributed by atoms with Crippen LogP contribution in [0, 0.1) is 5.92 Å². The topological polar surface area (TPSA) is 246 Å². The van der Waals surface area contributed by atoms with Crippen LogP contribution < -0.4 is 26.6 Å². The van der Waals surface area contributed by atoms with E-state index in [4.69, 9.17) is 5.73 Å². The number of aromatic amines is 1. The fraction of sp³-hybridized carbons (Fsp3) is 0.407. The SMILES string of the molecule is CN(CCC/C=C/c1cnc(N)c2c(-c3ccc(C(=O)Nc4cc(C(F)(F)F)ccn4)cc3)[nH]nc12)CC(=O)NC1CCCCC1.O=CCCC1CCN(c2ccc3c(c2)C(=O)N(C2CCC(=O)NC2=O)C3=O)CC1. The number of hydrogen-bond donors (Lipinski definition) is 5. The number of carbonyl (C=O) groups excluding carboxylic acids is 7. The highest BCUT2D eigenvalue weighted by Crippen LogP contribution is 2.35. The summed E-state index contributed by atoms with van der Waals surface area (Å²) < 4.78 is 39.0. The highest BCUT2D eigenvalue weighted by Gasteiger charge is 2.45. The maximum Gasteiger partial charge on any atom is 0.416 e. The van der Waals surface area contributed by atoms with Gasteiger partial charge in [0.15, 0.2) is 0 Å². The number of allylic oxidation sites excluding steroid dienone is 1. The Balaban J connectivity index is 0.000000220. The summed E-state index contributed by atoms with van der Waals surface area (Å²) in [5.74, 6) is -1.85. The number of aldehydes is 1. The molecule has 1 unspecified atom stereocenters. The summed E-state index contributed by atoms with van der Waals surface area (Å²) in [6.07, 6.45) is 14.3. The molecule has 1 saturated carbocycles. The molecule has 394 valence electrons. The molecule has 1 aliphatic carbocycles. The number of benzene rings is 2. The van der Waals surface area contributed by atoms with E-state index in [2.05, 4.69) is 41.0 Å². The van der Waals surface area contributed by atoms with Crippen LogP contribution in [0.1, 0.15) is 126 Å². The van der Waals surface area contributed by atoms with Crippen LogP contribution in [0.2, 0.25) is 0 Å². The Labute approximate surface area is 431 Å². The molecule has 6 N–H and O–H groups in total. The number of alkyl halides is 3. The first-order valence-corrected chi connectivity index (χ1v) is 25.3. The first kappa shape index (κ1) is 53.5. The molecule has 0 bridgehead atoms. The summed E-state index contributed by atoms with van der Waals surface area (Å²) >= 11 is 0. The van der Waals surface area contributed by atoms with Gasteiger partial charge in [0.05, 0.1) is 34.3 Å². The van der Waals surface area contributed by atoms with Crippen molar-refractivity contribution in [1.29, 1.82) is 0 Å². The lowest BCUT2D eigenvalue weighted by molar-refractivity contribution is -0.138. The number of anilines is 3. The van der Waals surface area contributed by atoms with Gasteiger partial charge in [-0.2, -0.15) is 18.3 Å². The van der Waals surface area contributed by atoms with Crippen molar-refractivity contribution in [2.75, 3.05) is 49.2 Å². The van der Waals surface area contributed by atoms with Crippen molar-refractivity contribution in [2.45, 2.75) is 102 Å². The van der Waals surface area contributed by atoms with E-state index in [0.717, 1.165) is 105 Å². The van der Waals surface area contributed by atoms with Crippen molar-refractivity contribution in [3.63, 3.8) is 0 Å². The Hall–Kier alpha value is -7.81. The zero-order valence-corrected chi connectivity index (χ0v) is 41.6. The molecule has 5 aromatic rings. The second-order valence-electron chi connectivity index (χ2n) is 19.4. The average Bonchev–Trinajstić information content (AvgIpc) is 3.96. The zero-order chi connectivity index (χ0) is 53.2. The molecule has 3 aliphatic heterocycles. The van der Waals surface area contributed by atoms with Crippen LogP contribution in [0.4, 0.5) is 30.5 Å². The van der Waals surface area contributed by atoms with E-state index in [0.29, 0.717) is 64.0 Å². The third-order valence-corrected chi connectivity index (χ3v) is 14.1. The molecule has 21 heteroatoms. The number of fused-ring (bicyclic) bond motifs is 2. The number of likely N-dealkylation sites (N-methyl/N-ethyl adjacent to an activating group) is 1. The van der Waals surface area contributed by atoms with E-state index in [1.807, 2.05) is 30.2 Å². The van der Waals surface area contributed by atoms with Crippen molar-refractivity contribution in [1.82, 2.24) is 40.6 Å². The van der Waals surface area contributed by atoms with Gasteiger partial charge in [-0.3, -0.25) is 49.0 Å². The molecule has 75 heavy (non-hydrogen) atoms. The number of pyridine rings is 2. The van der Waals surface area contributed by atoms with Crippen molar-refractivity contribution in [3.8, 4) is 11.3 Å². The van der Waals surface area contributed by atoms with Crippen LogP contribution in [0.5, 0.6) is 0 Å². The van der Waals surface area contributed by atoms with Gasteiger partial charge in [-0.1, -0.05) is 43.5 Å². The predicted octanol–water partition coefficient (Wildman–Crippen LogP) is 7.33. The molecule has 0 radical (unpaired) electrons. The Morgan fingerprint density at radius 2 is 1.65 bits per heavy atom. The molecule has 3 fully saturated rings. The van der Waals surface area contributed by atoms with Crippen LogP contribution in [0.3, 0.4) is 0 Å². The first-order valence-electron chi connectivity index (χ1n) is 25.3. The highest BCUT2D eigenvalue weighted by atomic mass is 19.4. The number of nitrogens with zero attached hydrogens (tertiary/aromatic N) is 6. The number of rotatable bonds is 16. The van der Waals surface area contributed by atoms with Crippen LogP contribution in [-0.2, 0) is 25.4 Å². The van der Waals surface area contributed by atoms with Gasteiger partial charge in [-0.05, 0) is 113 Å². The number of imide groups is 2. The van der Waals surface area contributed by atoms with Crippen molar-refractivity contribution < 1.29 is 46.7 Å². The summed E-state index contributed by atoms with van der Waals surface area (Å²) in [6.45, 7) is 2.84. The fourth-order valence-electron chi connectivity index (χ4n) is 10.0. The van der Waals surface area contributed by atoms with Crippen LogP contribution >= 0.6 is 0 Å². The number of piperidine rings is 2. The number of nitrogens with two attached hydrogens (primary N) is 1. The van der Waals surface area contributed by atoms with Crippen LogP contribution in [0.15, 0.2) is 73.1 Å². The number of unbranched alkanes of at least 4 members (excludes halogenated alkanes) is 1. The molecule has 6 heterocycles. The molecule has 2 saturated heterocycles. The maximum absolute atomic E-state index is 13.0. The number of halogens is 3. The molecule has 3 aromatic heterocycles. The molecule has 18 nitrogen and oxygen atoms in total. The van der Waals surface area contributed by atoms with Gasteiger partial charge in [0, 0.05) is 66.7 Å². The zero-order valence-electron chi connectivity index (χ0n) is 41.6. The van der Waals surface area contributed by atoms with Gasteiger partial charge in [0.2, 0.25) is 17.7 Å². The van der Waals surface area contributed by atoms with Crippen molar-refractivity contribution in [3.05, 3.63) is 101 Å². The molecule has 2 aromatic carbocycles. The standard InChI is InChI=1S/C33H37F3N8O2.C21H23N3O5/c1-44(20-27(45)40-25-9-5-2-6-10-25)17-7-3-4-8-23-19-39-31(37)28-29(42-43-30(23)28)21-11-13-22(14-12-21)32(46)41-26-18-24(15-16-38-26)33(34,35)36;25-11-1-2-13-7-9-23(10-8-13)14-3-4-15-16(12-14)21(29)24(20(15)28)17-5-6-18(26)22-19(17)27/h4,8,11-16,18-19,25H,2-3,5-7,9-10,17,20H2,1H3,(H2,37,39)(H,40,45)(H,42,43)(H,38,41,46);3-4,11-13,17H,1-2,5-10H2,(H,22,26,27)/b8-4+;. The lowest BCUT2D eigenvalue weighted by Gasteiger charge is -2.33. The van der Waals surface area contributed by atoms with Crippen LogP contribution in [0.25, 0.3) is 28.2 Å². The van der Waals surface area contributed by atoms with E-state index < -0.39 is 41.4 Å². The summed E-state index contributed by atoms with van der Waals surface area (Å²) in [6, 6.07) is 12.7. The third kappa shape index (κ3) is 13.1. The van der Waals surface area contributed by atoms with E-state index in [1.165, 1.54) is 19.3 Å². The average molecular weight is 1030 g/mol. The van der Waals surface area contributed by atoms with Gasteiger partial charge < -0.3 is 26.1 Å². The lowest BCUT2D eigenvalue weighted by Crippen LogP contribution is -2.54. The molecular weight excluding hydrogens is 972 g/mol. The Morgan fingerprint density at radius 1 is 0.907 bits per heavy atom. The minimum atomic E-state index is -4.55. The van der Waals surface area contributed by atoms with Crippen molar-refractivity contribution in [2.24, 2.45) is 5.92 Å². The second kappa shape index (κ2) is 24.0. The van der Waals surface area contributed by atoms with E-state index in [1.54, 1.807) is 42.6 Å². The van der Waals surface area contributed by atoms with Crippen LogP contribution in [-0.4, -0.2) is 117 Å². The minimum absolute atomic E-state index is 0.0833. The van der Waals surface area contributed by atoms with Gasteiger partial charge in [-0.15, -0.1) is 0 Å².